The molecule has 0 heterocycles. The zero-order valence-electron chi connectivity index (χ0n) is 28.3. The van der Waals surface area contributed by atoms with Crippen molar-refractivity contribution in [1.29, 1.82) is 0 Å². The molecule has 0 aliphatic carbocycles. The molecule has 0 unspecified atom stereocenters. The summed E-state index contributed by atoms with van der Waals surface area (Å²) in [5, 5.41) is 12.6. The molecule has 9 N–H and O–H groups in total. The molecule has 56 heavy (non-hydrogen) atoms. The predicted molar refractivity (Wildman–Crippen MR) is 207 cm³/mol. The number of alkyl halides is 1. The number of carbonyl (C=O) groups excluding carboxylic acids is 2. The number of nitrogens with one attached hydrogen (secondary N) is 1. The summed E-state index contributed by atoms with van der Waals surface area (Å²) in [6.07, 6.45) is 0. The lowest BCUT2D eigenvalue weighted by Gasteiger charge is -2.23. The van der Waals surface area contributed by atoms with Gasteiger partial charge in [0.05, 0.1) is 38.4 Å². The van der Waals surface area contributed by atoms with Crippen LogP contribution in [-0.4, -0.2) is 76.0 Å². The van der Waals surface area contributed by atoms with E-state index in [1.54, 1.807) is 24.3 Å². The number of benzene rings is 5. The average Bonchev–Trinajstić information content (AvgIpc) is 3.08. The number of para-hydroxylation sites is 1. The van der Waals surface area contributed by atoms with Crippen LogP contribution >= 0.6 is 11.6 Å². The van der Waals surface area contributed by atoms with E-state index in [0.29, 0.717) is 5.56 Å². The second-order valence-corrected chi connectivity index (χ2v) is 18.4. The minimum atomic E-state index is -4.79. The number of rotatable bonds is 11. The second-order valence-electron chi connectivity index (χ2n) is 11.6. The first kappa shape index (κ1) is 43.4. The van der Waals surface area contributed by atoms with E-state index in [9.17, 15) is 57.5 Å². The van der Waals surface area contributed by atoms with Crippen LogP contribution in [0.5, 0.6) is 5.75 Å². The van der Waals surface area contributed by atoms with Gasteiger partial charge in [0, 0.05) is 28.6 Å². The summed E-state index contributed by atoms with van der Waals surface area (Å²) in [6, 6.07) is 19.8. The number of primary amides is 1. The Morgan fingerprint density at radius 1 is 0.732 bits per heavy atom. The molecule has 5 rings (SSSR count). The molecular formula is C33H31ClN4O14S4. The molecule has 0 aliphatic heterocycles. The standard InChI is InChI=1S/C17H14N2O8S2.C16H17ClN2O6S2/c18-17(21)19(11-4-2-1-3-5-11)14-8-12(28(22,23)24)6-10-7-13(29(25,26)27)9-15(20)16(10)14;17-6-7-26(21,22)10-11-2-1-3-12(8-11)16(20)19-13-4-5-14(18)15(9-13)27(23,24)25/h1-9,20H,(H2,18,21)(H,22,23,24)(H,25,26,27);1-5,8-9H,6-7,10,18H2,(H,19,20)(H,23,24,25). The summed E-state index contributed by atoms with van der Waals surface area (Å²) < 4.78 is 120. The van der Waals surface area contributed by atoms with E-state index in [1.807, 2.05) is 0 Å². The summed E-state index contributed by atoms with van der Waals surface area (Å²) >= 11 is 5.47. The molecular weight excluding hydrogens is 840 g/mol. The van der Waals surface area contributed by atoms with Crippen LogP contribution in [0, 0.1) is 0 Å². The first-order chi connectivity index (χ1) is 25.9. The van der Waals surface area contributed by atoms with E-state index < -0.39 is 72.6 Å². The Hall–Kier alpha value is -5.33. The van der Waals surface area contributed by atoms with Crippen LogP contribution in [0.3, 0.4) is 0 Å². The Kier molecular flexibility index (Phi) is 13.0. The van der Waals surface area contributed by atoms with Gasteiger partial charge >= 0.3 is 6.03 Å². The molecule has 5 aromatic carbocycles. The zero-order chi connectivity index (χ0) is 41.8. The normalized spacial score (nSPS) is 12.0. The number of nitrogens with two attached hydrogens (primary N) is 2. The lowest BCUT2D eigenvalue weighted by atomic mass is 10.1. The average molecular weight is 871 g/mol. The zero-order valence-corrected chi connectivity index (χ0v) is 32.4. The van der Waals surface area contributed by atoms with Crippen LogP contribution in [0.15, 0.2) is 112 Å². The van der Waals surface area contributed by atoms with Crippen LogP contribution in [-0.2, 0) is 45.9 Å². The lowest BCUT2D eigenvalue weighted by molar-refractivity contribution is 0.102. The molecule has 0 radical (unpaired) electrons. The highest BCUT2D eigenvalue weighted by Crippen LogP contribution is 2.41. The van der Waals surface area contributed by atoms with Crippen LogP contribution in [0.25, 0.3) is 10.8 Å². The topological polar surface area (TPSA) is 319 Å². The van der Waals surface area contributed by atoms with Crippen molar-refractivity contribution in [3.8, 4) is 5.75 Å². The van der Waals surface area contributed by atoms with Gasteiger partial charge in [-0.3, -0.25) is 23.4 Å². The number of carbonyl (C=O) groups is 2. The van der Waals surface area contributed by atoms with Gasteiger partial charge in [0.2, 0.25) is 0 Å². The number of phenols is 1. The van der Waals surface area contributed by atoms with Crippen LogP contribution in [0.4, 0.5) is 27.5 Å². The largest absolute Gasteiger partial charge is 0.507 e. The molecule has 0 aromatic heterocycles. The minimum Gasteiger partial charge on any atom is -0.507 e. The number of halogens is 1. The molecule has 0 saturated carbocycles. The highest BCUT2D eigenvalue weighted by Gasteiger charge is 2.25. The molecule has 0 atom stereocenters. The van der Waals surface area contributed by atoms with Crippen molar-refractivity contribution in [2.24, 2.45) is 5.73 Å². The van der Waals surface area contributed by atoms with E-state index in [4.69, 9.17) is 27.6 Å². The van der Waals surface area contributed by atoms with Crippen molar-refractivity contribution in [2.75, 3.05) is 27.6 Å². The summed E-state index contributed by atoms with van der Waals surface area (Å²) in [7, 11) is -17.5. The Balaban J connectivity index is 0.000000249. The van der Waals surface area contributed by atoms with Gasteiger partial charge in [0.25, 0.3) is 36.3 Å². The number of nitrogens with zero attached hydrogens (tertiary/aromatic N) is 1. The first-order valence-corrected chi connectivity index (χ1v) is 22.0. The van der Waals surface area contributed by atoms with Crippen molar-refractivity contribution >= 4 is 97.3 Å². The summed E-state index contributed by atoms with van der Waals surface area (Å²) in [4.78, 5) is 23.5. The number of fused-ring (bicyclic) bond motifs is 1. The predicted octanol–water partition coefficient (Wildman–Crippen LogP) is 4.18. The molecule has 0 saturated heterocycles. The van der Waals surface area contributed by atoms with Crippen molar-refractivity contribution < 1.29 is 62.0 Å². The van der Waals surface area contributed by atoms with E-state index >= 15 is 0 Å². The number of urea groups is 1. The van der Waals surface area contributed by atoms with Gasteiger partial charge in [0.15, 0.2) is 9.84 Å². The van der Waals surface area contributed by atoms with Gasteiger partial charge in [-0.2, -0.15) is 25.3 Å². The van der Waals surface area contributed by atoms with Crippen LogP contribution < -0.4 is 21.7 Å². The van der Waals surface area contributed by atoms with Gasteiger partial charge in [-0.1, -0.05) is 30.3 Å². The van der Waals surface area contributed by atoms with Crippen molar-refractivity contribution in [2.45, 2.75) is 20.4 Å². The highest BCUT2D eigenvalue weighted by atomic mass is 35.5. The smallest absolute Gasteiger partial charge is 0.323 e. The summed E-state index contributed by atoms with van der Waals surface area (Å²) in [6.45, 7) is 0. The molecule has 23 heteroatoms. The Bertz CT molecular complexity index is 2780. The molecule has 0 fully saturated rings. The van der Waals surface area contributed by atoms with Gasteiger partial charge in [0.1, 0.15) is 10.6 Å². The van der Waals surface area contributed by atoms with Crippen LogP contribution in [0.1, 0.15) is 15.9 Å². The molecule has 0 spiro atoms. The Morgan fingerprint density at radius 3 is 1.89 bits per heavy atom. The fourth-order valence-electron chi connectivity index (χ4n) is 5.14. The van der Waals surface area contributed by atoms with E-state index in [2.05, 4.69) is 5.32 Å². The number of amides is 3. The maximum absolute atomic E-state index is 12.4. The lowest BCUT2D eigenvalue weighted by Crippen LogP contribution is -2.31. The SMILES string of the molecule is NC(=O)N(c1ccccc1)c1cc(S(=O)(=O)O)cc2cc(S(=O)(=O)O)cc(O)c12.Nc1ccc(NC(=O)c2cccc(CS(=O)(=O)CCCl)c2)cc1S(=O)(=O)O. The molecule has 5 aromatic rings. The van der Waals surface area contributed by atoms with Gasteiger partial charge in [-0.05, 0) is 71.6 Å². The number of anilines is 4. The number of phenolic OH excluding ortho intramolecular Hbond substituents is 1. The monoisotopic (exact) mass is 870 g/mol. The molecule has 0 aliphatic rings. The maximum Gasteiger partial charge on any atom is 0.323 e. The number of sulfone groups is 1. The second kappa shape index (κ2) is 16.8. The van der Waals surface area contributed by atoms with Crippen molar-refractivity contribution in [1.82, 2.24) is 0 Å². The van der Waals surface area contributed by atoms with Crippen LogP contribution in [0.2, 0.25) is 0 Å². The highest BCUT2D eigenvalue weighted by molar-refractivity contribution is 7.90. The summed E-state index contributed by atoms with van der Waals surface area (Å²) in [5.74, 6) is -1.70. The quantitative estimate of drug-likeness (QED) is 0.0556. The number of hydrogen-bond donors (Lipinski definition) is 7. The van der Waals surface area contributed by atoms with Gasteiger partial charge < -0.3 is 21.9 Å². The number of hydrogen-bond acceptors (Lipinski definition) is 12. The molecule has 3 amide bonds. The Labute approximate surface area is 325 Å². The fraction of sp³-hybridized carbons (Fsp3) is 0.0909. The Morgan fingerprint density at radius 2 is 1.34 bits per heavy atom. The van der Waals surface area contributed by atoms with E-state index in [0.717, 1.165) is 35.2 Å². The third-order valence-electron chi connectivity index (χ3n) is 7.54. The van der Waals surface area contributed by atoms with Crippen molar-refractivity contribution in [3.63, 3.8) is 0 Å². The molecule has 18 nitrogen and oxygen atoms in total. The number of nitrogen functional groups attached to an aromatic ring is 1. The van der Waals surface area contributed by atoms with Gasteiger partial charge in [-0.15, -0.1) is 11.6 Å². The van der Waals surface area contributed by atoms with E-state index in [-0.39, 0.29) is 56.5 Å². The minimum absolute atomic E-state index is 0.0181. The number of aromatic hydroxyl groups is 1. The summed E-state index contributed by atoms with van der Waals surface area (Å²) in [5.41, 5.74) is 11.5. The maximum atomic E-state index is 12.4. The third-order valence-corrected chi connectivity index (χ3v) is 12.1. The molecule has 0 bridgehead atoms. The third kappa shape index (κ3) is 10.9. The first-order valence-electron chi connectivity index (χ1n) is 15.4. The van der Waals surface area contributed by atoms with Gasteiger partial charge in [-0.25, -0.2) is 13.2 Å². The molecule has 298 valence electrons. The fourth-order valence-corrected chi connectivity index (χ4v) is 8.62. The van der Waals surface area contributed by atoms with E-state index in [1.165, 1.54) is 42.5 Å². The van der Waals surface area contributed by atoms with Crippen molar-refractivity contribution in [3.05, 3.63) is 108 Å².